The first-order chi connectivity index (χ1) is 11.6. The molecule has 1 aliphatic rings. The number of oxazole rings is 1. The highest BCUT2D eigenvalue weighted by Crippen LogP contribution is 2.28. The number of carbonyl (C=O) groups is 1. The second kappa shape index (κ2) is 7.65. The molecule has 1 amide bonds. The highest BCUT2D eigenvalue weighted by Gasteiger charge is 2.27. The average molecular weight is 326 g/mol. The Morgan fingerprint density at radius 1 is 1.25 bits per heavy atom. The molecule has 0 aliphatic heterocycles. The predicted molar refractivity (Wildman–Crippen MR) is 94.5 cm³/mol. The Balaban J connectivity index is 1.55. The van der Waals surface area contributed by atoms with E-state index in [1.165, 1.54) is 19.3 Å². The standard InChI is InChI=1S/C20H26N2O2/c1-15-8-6-7-11-17(15)22(2)20(23)13-12-19-21-14-18(24-19)16-9-4-3-5-10-16/h3-5,9-10,14-15,17H,6-8,11-13H2,1-2H3. The van der Waals surface area contributed by atoms with Crippen LogP contribution in [0.15, 0.2) is 40.9 Å². The second-order valence-electron chi connectivity index (χ2n) is 6.82. The molecule has 1 aliphatic carbocycles. The molecule has 0 saturated heterocycles. The van der Waals surface area contributed by atoms with Gasteiger partial charge in [-0.2, -0.15) is 0 Å². The van der Waals surface area contributed by atoms with Crippen molar-refractivity contribution in [3.63, 3.8) is 0 Å². The van der Waals surface area contributed by atoms with Gasteiger partial charge in [0.1, 0.15) is 0 Å². The minimum absolute atomic E-state index is 0.188. The summed E-state index contributed by atoms with van der Waals surface area (Å²) in [6.07, 6.45) is 7.61. The molecule has 0 radical (unpaired) electrons. The van der Waals surface area contributed by atoms with Crippen LogP contribution in [0.5, 0.6) is 0 Å². The molecule has 4 heteroatoms. The first kappa shape index (κ1) is 16.7. The van der Waals surface area contributed by atoms with Gasteiger partial charge in [-0.25, -0.2) is 4.98 Å². The van der Waals surface area contributed by atoms with Crippen LogP contribution in [-0.4, -0.2) is 28.9 Å². The van der Waals surface area contributed by atoms with E-state index in [9.17, 15) is 4.79 Å². The first-order valence-corrected chi connectivity index (χ1v) is 8.91. The van der Waals surface area contributed by atoms with Gasteiger partial charge in [-0.05, 0) is 18.8 Å². The normalized spacial score (nSPS) is 20.8. The van der Waals surface area contributed by atoms with Crippen LogP contribution in [0.1, 0.15) is 44.9 Å². The smallest absolute Gasteiger partial charge is 0.223 e. The number of aryl methyl sites for hydroxylation is 1. The number of nitrogens with zero attached hydrogens (tertiary/aromatic N) is 2. The number of aromatic nitrogens is 1. The highest BCUT2D eigenvalue weighted by molar-refractivity contribution is 5.76. The van der Waals surface area contributed by atoms with Gasteiger partial charge < -0.3 is 9.32 Å². The van der Waals surface area contributed by atoms with Crippen molar-refractivity contribution in [3.05, 3.63) is 42.4 Å². The topological polar surface area (TPSA) is 46.3 Å². The molecule has 2 unspecified atom stereocenters. The lowest BCUT2D eigenvalue weighted by Crippen LogP contribution is -2.42. The van der Waals surface area contributed by atoms with Crippen LogP contribution < -0.4 is 0 Å². The zero-order valence-corrected chi connectivity index (χ0v) is 14.6. The molecular formula is C20H26N2O2. The van der Waals surface area contributed by atoms with Gasteiger partial charge in [0, 0.05) is 31.5 Å². The Bertz CT molecular complexity index is 665. The molecule has 1 aromatic carbocycles. The lowest BCUT2D eigenvalue weighted by Gasteiger charge is -2.36. The maximum absolute atomic E-state index is 12.5. The molecule has 2 aromatic rings. The van der Waals surface area contributed by atoms with Crippen LogP contribution >= 0.6 is 0 Å². The Kier molecular flexibility index (Phi) is 5.34. The average Bonchev–Trinajstić information content (AvgIpc) is 3.09. The predicted octanol–water partition coefficient (Wildman–Crippen LogP) is 4.31. The van der Waals surface area contributed by atoms with E-state index >= 15 is 0 Å². The third kappa shape index (κ3) is 3.86. The van der Waals surface area contributed by atoms with Gasteiger partial charge in [0.25, 0.3) is 0 Å². The highest BCUT2D eigenvalue weighted by atomic mass is 16.4. The second-order valence-corrected chi connectivity index (χ2v) is 6.82. The van der Waals surface area contributed by atoms with Crippen molar-refractivity contribution in [1.29, 1.82) is 0 Å². The van der Waals surface area contributed by atoms with Crippen molar-refractivity contribution in [2.45, 2.75) is 51.5 Å². The molecular weight excluding hydrogens is 300 g/mol. The summed E-state index contributed by atoms with van der Waals surface area (Å²) in [5.74, 6) is 2.17. The Hall–Kier alpha value is -2.10. The lowest BCUT2D eigenvalue weighted by atomic mass is 9.85. The summed E-state index contributed by atoms with van der Waals surface area (Å²) < 4.78 is 5.78. The SMILES string of the molecule is CC1CCCCC1N(C)C(=O)CCc1ncc(-c2ccccc2)o1. The van der Waals surface area contributed by atoms with Crippen molar-refractivity contribution in [2.24, 2.45) is 5.92 Å². The third-order valence-electron chi connectivity index (χ3n) is 5.12. The van der Waals surface area contributed by atoms with Crippen LogP contribution in [-0.2, 0) is 11.2 Å². The van der Waals surface area contributed by atoms with Crippen molar-refractivity contribution in [1.82, 2.24) is 9.88 Å². The molecule has 4 nitrogen and oxygen atoms in total. The summed E-state index contributed by atoms with van der Waals surface area (Å²) in [4.78, 5) is 18.8. The third-order valence-corrected chi connectivity index (χ3v) is 5.12. The molecule has 0 spiro atoms. The van der Waals surface area contributed by atoms with E-state index in [1.54, 1.807) is 6.20 Å². The van der Waals surface area contributed by atoms with Crippen molar-refractivity contribution < 1.29 is 9.21 Å². The zero-order chi connectivity index (χ0) is 16.9. The molecule has 128 valence electrons. The maximum Gasteiger partial charge on any atom is 0.223 e. The van der Waals surface area contributed by atoms with E-state index in [0.717, 1.165) is 17.7 Å². The van der Waals surface area contributed by atoms with Gasteiger partial charge in [0.05, 0.1) is 6.20 Å². The van der Waals surface area contributed by atoms with Crippen LogP contribution in [0.3, 0.4) is 0 Å². The van der Waals surface area contributed by atoms with E-state index in [4.69, 9.17) is 4.42 Å². The molecule has 24 heavy (non-hydrogen) atoms. The van der Waals surface area contributed by atoms with Crippen LogP contribution in [0.25, 0.3) is 11.3 Å². The summed E-state index contributed by atoms with van der Waals surface area (Å²) in [5.41, 5.74) is 1.01. The molecule has 1 heterocycles. The number of benzene rings is 1. The fraction of sp³-hybridized carbons (Fsp3) is 0.500. The summed E-state index contributed by atoms with van der Waals surface area (Å²) in [5, 5.41) is 0. The largest absolute Gasteiger partial charge is 0.441 e. The first-order valence-electron chi connectivity index (χ1n) is 8.91. The van der Waals surface area contributed by atoms with Crippen molar-refractivity contribution in [2.75, 3.05) is 7.05 Å². The molecule has 1 fully saturated rings. The van der Waals surface area contributed by atoms with E-state index in [2.05, 4.69) is 11.9 Å². The number of hydrogen-bond acceptors (Lipinski definition) is 3. The van der Waals surface area contributed by atoms with Gasteiger partial charge >= 0.3 is 0 Å². The van der Waals surface area contributed by atoms with E-state index in [0.29, 0.717) is 30.7 Å². The fourth-order valence-electron chi connectivity index (χ4n) is 3.61. The summed E-state index contributed by atoms with van der Waals surface area (Å²) in [6, 6.07) is 10.3. The van der Waals surface area contributed by atoms with Gasteiger partial charge in [-0.15, -0.1) is 0 Å². The van der Waals surface area contributed by atoms with Crippen molar-refractivity contribution in [3.8, 4) is 11.3 Å². The van der Waals surface area contributed by atoms with Crippen LogP contribution in [0.4, 0.5) is 0 Å². The monoisotopic (exact) mass is 326 g/mol. The van der Waals surface area contributed by atoms with Crippen LogP contribution in [0, 0.1) is 5.92 Å². The number of rotatable bonds is 5. The number of carbonyl (C=O) groups excluding carboxylic acids is 1. The molecule has 0 bridgehead atoms. The molecule has 0 N–H and O–H groups in total. The number of hydrogen-bond donors (Lipinski definition) is 0. The molecule has 2 atom stereocenters. The summed E-state index contributed by atoms with van der Waals surface area (Å²) >= 11 is 0. The minimum Gasteiger partial charge on any atom is -0.441 e. The Morgan fingerprint density at radius 3 is 2.75 bits per heavy atom. The summed E-state index contributed by atoms with van der Waals surface area (Å²) in [6.45, 7) is 2.26. The van der Waals surface area contributed by atoms with E-state index < -0.39 is 0 Å². The maximum atomic E-state index is 12.5. The fourth-order valence-corrected chi connectivity index (χ4v) is 3.61. The Morgan fingerprint density at radius 2 is 2.00 bits per heavy atom. The Labute approximate surface area is 143 Å². The van der Waals surface area contributed by atoms with E-state index in [1.807, 2.05) is 42.3 Å². The lowest BCUT2D eigenvalue weighted by molar-refractivity contribution is -0.133. The van der Waals surface area contributed by atoms with Crippen molar-refractivity contribution >= 4 is 5.91 Å². The molecule has 1 saturated carbocycles. The van der Waals surface area contributed by atoms with Crippen LogP contribution in [0.2, 0.25) is 0 Å². The van der Waals surface area contributed by atoms with E-state index in [-0.39, 0.29) is 5.91 Å². The zero-order valence-electron chi connectivity index (χ0n) is 14.6. The quantitative estimate of drug-likeness (QED) is 0.822. The number of amides is 1. The minimum atomic E-state index is 0.188. The molecule has 3 rings (SSSR count). The summed E-state index contributed by atoms with van der Waals surface area (Å²) in [7, 11) is 1.94. The molecule has 1 aromatic heterocycles. The van der Waals surface area contributed by atoms with Gasteiger partial charge in [-0.1, -0.05) is 50.1 Å². The van der Waals surface area contributed by atoms with Gasteiger partial charge in [0.2, 0.25) is 5.91 Å². The van der Waals surface area contributed by atoms with Gasteiger partial charge in [-0.3, -0.25) is 4.79 Å². The van der Waals surface area contributed by atoms with Gasteiger partial charge in [0.15, 0.2) is 11.7 Å².